The first-order valence-electron chi connectivity index (χ1n) is 6.27. The van der Waals surface area contributed by atoms with Crippen LogP contribution in [0.3, 0.4) is 0 Å². The number of carbonyl (C=O) groups excluding carboxylic acids is 1. The molecule has 0 aliphatic heterocycles. The largest absolute Gasteiger partial charge is 0.355 e. The maximum absolute atomic E-state index is 11.5. The molecular weight excluding hydrogens is 188 g/mol. The molecule has 15 heavy (non-hydrogen) atoms. The molecule has 0 heterocycles. The van der Waals surface area contributed by atoms with E-state index in [2.05, 4.69) is 10.6 Å². The van der Waals surface area contributed by atoms with Crippen molar-refractivity contribution in [3.63, 3.8) is 0 Å². The summed E-state index contributed by atoms with van der Waals surface area (Å²) in [4.78, 5) is 11.5. The zero-order valence-corrected chi connectivity index (χ0v) is 10.0. The van der Waals surface area contributed by atoms with Crippen LogP contribution in [-0.4, -0.2) is 24.5 Å². The van der Waals surface area contributed by atoms with E-state index in [9.17, 15) is 4.79 Å². The summed E-state index contributed by atoms with van der Waals surface area (Å²) in [5.41, 5.74) is 0. The van der Waals surface area contributed by atoms with Gasteiger partial charge in [-0.05, 0) is 26.7 Å². The average Bonchev–Trinajstić information content (AvgIpc) is 2.46. The summed E-state index contributed by atoms with van der Waals surface area (Å²) >= 11 is 0. The molecule has 0 aromatic heterocycles. The molecule has 0 bridgehead atoms. The second-order valence-electron chi connectivity index (χ2n) is 4.47. The van der Waals surface area contributed by atoms with Crippen molar-refractivity contribution in [3.8, 4) is 0 Å². The number of carbonyl (C=O) groups is 1. The Morgan fingerprint density at radius 2 is 1.87 bits per heavy atom. The number of hydrogen-bond donors (Lipinski definition) is 2. The molecule has 1 aliphatic carbocycles. The SMILES string of the molecule is CCNC(=O)C(C)NC1CCCCCC1. The van der Waals surface area contributed by atoms with E-state index in [1.807, 2.05) is 13.8 Å². The van der Waals surface area contributed by atoms with Crippen molar-refractivity contribution in [2.45, 2.75) is 64.5 Å². The van der Waals surface area contributed by atoms with Crippen LogP contribution in [0.25, 0.3) is 0 Å². The normalized spacial score (nSPS) is 20.7. The quantitative estimate of drug-likeness (QED) is 0.698. The van der Waals surface area contributed by atoms with Crippen molar-refractivity contribution in [1.29, 1.82) is 0 Å². The third kappa shape index (κ3) is 4.65. The molecule has 1 rings (SSSR count). The fraction of sp³-hybridized carbons (Fsp3) is 0.917. The van der Waals surface area contributed by atoms with Gasteiger partial charge in [-0.1, -0.05) is 25.7 Å². The number of nitrogens with one attached hydrogen (secondary N) is 2. The van der Waals surface area contributed by atoms with Crippen LogP contribution in [0.15, 0.2) is 0 Å². The average molecular weight is 212 g/mol. The van der Waals surface area contributed by atoms with Gasteiger partial charge in [0, 0.05) is 12.6 Å². The zero-order chi connectivity index (χ0) is 11.1. The van der Waals surface area contributed by atoms with E-state index in [4.69, 9.17) is 0 Å². The smallest absolute Gasteiger partial charge is 0.236 e. The van der Waals surface area contributed by atoms with Crippen LogP contribution in [0.2, 0.25) is 0 Å². The summed E-state index contributed by atoms with van der Waals surface area (Å²) in [6, 6.07) is 0.498. The molecule has 3 nitrogen and oxygen atoms in total. The maximum atomic E-state index is 11.5. The number of amides is 1. The Morgan fingerprint density at radius 3 is 2.40 bits per heavy atom. The van der Waals surface area contributed by atoms with Crippen LogP contribution >= 0.6 is 0 Å². The first kappa shape index (κ1) is 12.5. The molecule has 0 aromatic rings. The standard InChI is InChI=1S/C12H24N2O/c1-3-13-12(15)10(2)14-11-8-6-4-5-7-9-11/h10-11,14H,3-9H2,1-2H3,(H,13,15). The van der Waals surface area contributed by atoms with Crippen LogP contribution in [0.4, 0.5) is 0 Å². The Kier molecular flexibility index (Phi) is 5.69. The Labute approximate surface area is 93.0 Å². The van der Waals surface area contributed by atoms with E-state index in [0.29, 0.717) is 6.04 Å². The third-order valence-electron chi connectivity index (χ3n) is 3.09. The van der Waals surface area contributed by atoms with Crippen molar-refractivity contribution in [2.75, 3.05) is 6.54 Å². The molecule has 1 amide bonds. The molecule has 0 aromatic carbocycles. The van der Waals surface area contributed by atoms with Gasteiger partial charge < -0.3 is 10.6 Å². The molecule has 1 atom stereocenters. The van der Waals surface area contributed by atoms with Gasteiger partial charge in [-0.3, -0.25) is 4.79 Å². The van der Waals surface area contributed by atoms with Crippen molar-refractivity contribution >= 4 is 5.91 Å². The van der Waals surface area contributed by atoms with Crippen LogP contribution in [0.1, 0.15) is 52.4 Å². The van der Waals surface area contributed by atoms with Crippen LogP contribution in [0, 0.1) is 0 Å². The molecule has 0 saturated heterocycles. The molecule has 1 saturated carbocycles. The Hall–Kier alpha value is -0.570. The van der Waals surface area contributed by atoms with Crippen molar-refractivity contribution in [2.24, 2.45) is 0 Å². The highest BCUT2D eigenvalue weighted by molar-refractivity contribution is 5.81. The topological polar surface area (TPSA) is 41.1 Å². The van der Waals surface area contributed by atoms with Gasteiger partial charge in [0.15, 0.2) is 0 Å². The summed E-state index contributed by atoms with van der Waals surface area (Å²) in [5.74, 6) is 0.127. The van der Waals surface area contributed by atoms with Crippen molar-refractivity contribution in [1.82, 2.24) is 10.6 Å². The highest BCUT2D eigenvalue weighted by Gasteiger charge is 2.18. The number of rotatable bonds is 4. The van der Waals surface area contributed by atoms with E-state index >= 15 is 0 Å². The summed E-state index contributed by atoms with van der Waals surface area (Å²) in [5, 5.41) is 6.28. The minimum absolute atomic E-state index is 0.0481. The van der Waals surface area contributed by atoms with Gasteiger partial charge in [-0.25, -0.2) is 0 Å². The van der Waals surface area contributed by atoms with E-state index in [-0.39, 0.29) is 11.9 Å². The molecule has 1 unspecified atom stereocenters. The van der Waals surface area contributed by atoms with Crippen LogP contribution in [-0.2, 0) is 4.79 Å². The highest BCUT2D eigenvalue weighted by atomic mass is 16.2. The summed E-state index contributed by atoms with van der Waals surface area (Å²) in [6.07, 6.45) is 7.77. The minimum atomic E-state index is -0.0481. The molecule has 2 N–H and O–H groups in total. The van der Waals surface area contributed by atoms with Gasteiger partial charge in [0.1, 0.15) is 0 Å². The fourth-order valence-corrected chi connectivity index (χ4v) is 2.20. The second-order valence-corrected chi connectivity index (χ2v) is 4.47. The Bertz CT molecular complexity index is 186. The predicted octanol–water partition coefficient (Wildman–Crippen LogP) is 1.82. The monoisotopic (exact) mass is 212 g/mol. The molecule has 3 heteroatoms. The lowest BCUT2D eigenvalue weighted by Crippen LogP contribution is -2.46. The summed E-state index contributed by atoms with van der Waals surface area (Å²) in [6.45, 7) is 4.63. The molecule has 0 spiro atoms. The first-order chi connectivity index (χ1) is 7.24. The van der Waals surface area contributed by atoms with E-state index in [1.165, 1.54) is 38.5 Å². The molecule has 88 valence electrons. The molecular formula is C12H24N2O. The third-order valence-corrected chi connectivity index (χ3v) is 3.09. The molecule has 0 radical (unpaired) electrons. The highest BCUT2D eigenvalue weighted by Crippen LogP contribution is 2.17. The van der Waals surface area contributed by atoms with Gasteiger partial charge in [0.05, 0.1) is 6.04 Å². The van der Waals surface area contributed by atoms with Crippen molar-refractivity contribution < 1.29 is 4.79 Å². The first-order valence-corrected chi connectivity index (χ1v) is 6.27. The molecule has 1 aliphatic rings. The van der Waals surface area contributed by atoms with Crippen LogP contribution in [0.5, 0.6) is 0 Å². The Balaban J connectivity index is 2.28. The van der Waals surface area contributed by atoms with Gasteiger partial charge in [0.2, 0.25) is 5.91 Å². The summed E-state index contributed by atoms with van der Waals surface area (Å²) < 4.78 is 0. The second kappa shape index (κ2) is 6.83. The van der Waals surface area contributed by atoms with E-state index in [0.717, 1.165) is 6.54 Å². The van der Waals surface area contributed by atoms with Crippen LogP contribution < -0.4 is 10.6 Å². The Morgan fingerprint density at radius 1 is 1.27 bits per heavy atom. The van der Waals surface area contributed by atoms with Gasteiger partial charge in [-0.2, -0.15) is 0 Å². The summed E-state index contributed by atoms with van der Waals surface area (Å²) in [7, 11) is 0. The number of hydrogen-bond acceptors (Lipinski definition) is 2. The maximum Gasteiger partial charge on any atom is 0.236 e. The number of likely N-dealkylation sites (N-methyl/N-ethyl adjacent to an activating group) is 1. The lowest BCUT2D eigenvalue weighted by molar-refractivity contribution is -0.122. The fourth-order valence-electron chi connectivity index (χ4n) is 2.20. The predicted molar refractivity (Wildman–Crippen MR) is 62.8 cm³/mol. The van der Waals surface area contributed by atoms with Gasteiger partial charge >= 0.3 is 0 Å². The zero-order valence-electron chi connectivity index (χ0n) is 10.0. The lowest BCUT2D eigenvalue weighted by atomic mass is 10.1. The van der Waals surface area contributed by atoms with Gasteiger partial charge in [0.25, 0.3) is 0 Å². The van der Waals surface area contributed by atoms with E-state index < -0.39 is 0 Å². The van der Waals surface area contributed by atoms with E-state index in [1.54, 1.807) is 0 Å². The van der Waals surface area contributed by atoms with Gasteiger partial charge in [-0.15, -0.1) is 0 Å². The lowest BCUT2D eigenvalue weighted by Gasteiger charge is -2.21. The molecule has 1 fully saturated rings. The van der Waals surface area contributed by atoms with Crippen molar-refractivity contribution in [3.05, 3.63) is 0 Å². The minimum Gasteiger partial charge on any atom is -0.355 e.